The van der Waals surface area contributed by atoms with E-state index in [4.69, 9.17) is 4.74 Å². The quantitative estimate of drug-likeness (QED) is 0.722. The van der Waals surface area contributed by atoms with Crippen LogP contribution in [0, 0.1) is 5.92 Å². The molecule has 0 radical (unpaired) electrons. The molecule has 1 aliphatic heterocycles. The second kappa shape index (κ2) is 8.31. The number of ether oxygens (including phenoxy) is 1. The first-order valence-corrected chi connectivity index (χ1v) is 9.84. The minimum Gasteiger partial charge on any atom is -0.453 e. The van der Waals surface area contributed by atoms with Crippen molar-refractivity contribution in [2.24, 2.45) is 5.92 Å². The van der Waals surface area contributed by atoms with Gasteiger partial charge in [-0.1, -0.05) is 38.0 Å². The van der Waals surface area contributed by atoms with Crippen molar-refractivity contribution >= 4 is 17.8 Å². The van der Waals surface area contributed by atoms with Gasteiger partial charge in [0.2, 0.25) is 0 Å². The van der Waals surface area contributed by atoms with Crippen LogP contribution in [-0.4, -0.2) is 52.6 Å². The number of aliphatic hydroxyl groups is 1. The molecule has 1 heterocycles. The van der Waals surface area contributed by atoms with Gasteiger partial charge >= 0.3 is 5.97 Å². The van der Waals surface area contributed by atoms with Gasteiger partial charge in [-0.15, -0.1) is 0 Å². The number of β-amino-alcohol motifs (C(OH)–C–C–N with tert-alkyl or cyclic N) is 1. The third-order valence-electron chi connectivity index (χ3n) is 5.63. The highest BCUT2D eigenvalue weighted by Gasteiger charge is 2.39. The van der Waals surface area contributed by atoms with Crippen LogP contribution in [0.25, 0.3) is 0 Å². The van der Waals surface area contributed by atoms with E-state index in [1.165, 1.54) is 18.2 Å². The van der Waals surface area contributed by atoms with Crippen LogP contribution in [0.5, 0.6) is 0 Å². The fourth-order valence-corrected chi connectivity index (χ4v) is 3.94. The maximum absolute atomic E-state index is 12.4. The Morgan fingerprint density at radius 2 is 2.00 bits per heavy atom. The summed E-state index contributed by atoms with van der Waals surface area (Å²) >= 11 is 0. The van der Waals surface area contributed by atoms with E-state index in [9.17, 15) is 19.5 Å². The van der Waals surface area contributed by atoms with E-state index < -0.39 is 18.2 Å². The third kappa shape index (κ3) is 4.52. The van der Waals surface area contributed by atoms with Crippen LogP contribution in [0.15, 0.2) is 24.3 Å². The normalized spacial score (nSPS) is 23.7. The molecule has 152 valence electrons. The molecule has 28 heavy (non-hydrogen) atoms. The SMILES string of the molecule is C[C@@H]1CCCC[C@H]1NC(=O)COC(=O)[C@](C)(O)CN1Cc2ccccc2C1=O. The molecule has 1 aromatic rings. The number of fused-ring (bicyclic) bond motifs is 1. The van der Waals surface area contributed by atoms with Crippen molar-refractivity contribution in [3.63, 3.8) is 0 Å². The predicted octanol–water partition coefficient (Wildman–Crippen LogP) is 1.63. The molecule has 1 aromatic carbocycles. The predicted molar refractivity (Wildman–Crippen MR) is 102 cm³/mol. The number of hydrogen-bond donors (Lipinski definition) is 2. The van der Waals surface area contributed by atoms with Crippen molar-refractivity contribution in [1.29, 1.82) is 0 Å². The lowest BCUT2D eigenvalue weighted by Gasteiger charge is -2.30. The van der Waals surface area contributed by atoms with Crippen molar-refractivity contribution in [2.75, 3.05) is 13.2 Å². The Morgan fingerprint density at radius 1 is 1.29 bits per heavy atom. The van der Waals surface area contributed by atoms with E-state index >= 15 is 0 Å². The van der Waals surface area contributed by atoms with E-state index in [2.05, 4.69) is 12.2 Å². The van der Waals surface area contributed by atoms with E-state index in [0.717, 1.165) is 24.8 Å². The summed E-state index contributed by atoms with van der Waals surface area (Å²) in [4.78, 5) is 38.2. The molecular weight excluding hydrogens is 360 g/mol. The molecule has 1 fully saturated rings. The molecule has 2 aliphatic rings. The molecule has 0 saturated heterocycles. The fraction of sp³-hybridized carbons (Fsp3) is 0.571. The first-order valence-electron chi connectivity index (χ1n) is 9.84. The third-order valence-corrected chi connectivity index (χ3v) is 5.63. The topological polar surface area (TPSA) is 95.9 Å². The fourth-order valence-electron chi connectivity index (χ4n) is 3.94. The summed E-state index contributed by atoms with van der Waals surface area (Å²) in [6, 6.07) is 7.28. The van der Waals surface area contributed by atoms with Crippen molar-refractivity contribution in [1.82, 2.24) is 10.2 Å². The van der Waals surface area contributed by atoms with Gasteiger partial charge in [-0.25, -0.2) is 4.79 Å². The summed E-state index contributed by atoms with van der Waals surface area (Å²) in [5.74, 6) is -1.11. The summed E-state index contributed by atoms with van der Waals surface area (Å²) < 4.78 is 5.03. The summed E-state index contributed by atoms with van der Waals surface area (Å²) in [5.41, 5.74) is -0.457. The van der Waals surface area contributed by atoms with E-state index in [1.54, 1.807) is 12.1 Å². The van der Waals surface area contributed by atoms with Crippen LogP contribution >= 0.6 is 0 Å². The Bertz CT molecular complexity index is 761. The summed E-state index contributed by atoms with van der Waals surface area (Å²) in [6.07, 6.45) is 4.25. The molecule has 7 nitrogen and oxygen atoms in total. The lowest BCUT2D eigenvalue weighted by atomic mass is 9.86. The zero-order chi connectivity index (χ0) is 20.3. The highest BCUT2D eigenvalue weighted by molar-refractivity contribution is 5.98. The first kappa shape index (κ1) is 20.3. The number of benzene rings is 1. The molecule has 1 aliphatic carbocycles. The zero-order valence-electron chi connectivity index (χ0n) is 16.4. The van der Waals surface area contributed by atoms with Crippen LogP contribution in [-0.2, 0) is 20.9 Å². The highest BCUT2D eigenvalue weighted by atomic mass is 16.6. The number of carbonyl (C=O) groups is 3. The van der Waals surface area contributed by atoms with Gasteiger partial charge in [-0.2, -0.15) is 0 Å². The molecule has 3 atom stereocenters. The second-order valence-corrected chi connectivity index (χ2v) is 8.10. The average molecular weight is 388 g/mol. The Hall–Kier alpha value is -2.41. The Labute approximate surface area is 165 Å². The number of carbonyl (C=O) groups excluding carboxylic acids is 3. The lowest BCUT2D eigenvalue weighted by Crippen LogP contribution is -2.49. The minimum atomic E-state index is -1.89. The molecule has 0 spiro atoms. The Morgan fingerprint density at radius 3 is 2.71 bits per heavy atom. The van der Waals surface area contributed by atoms with Crippen LogP contribution in [0.4, 0.5) is 0 Å². The summed E-state index contributed by atoms with van der Waals surface area (Å²) in [7, 11) is 0. The monoisotopic (exact) mass is 388 g/mol. The first-order chi connectivity index (χ1) is 13.3. The van der Waals surface area contributed by atoms with Gasteiger partial charge in [0.15, 0.2) is 12.2 Å². The van der Waals surface area contributed by atoms with E-state index in [-0.39, 0.29) is 24.4 Å². The molecule has 0 bridgehead atoms. The van der Waals surface area contributed by atoms with Gasteiger partial charge in [0.25, 0.3) is 11.8 Å². The van der Waals surface area contributed by atoms with Gasteiger partial charge in [0, 0.05) is 18.2 Å². The molecule has 0 unspecified atom stereocenters. The number of rotatable bonds is 6. The van der Waals surface area contributed by atoms with Gasteiger partial charge in [0.1, 0.15) is 0 Å². The Kier molecular flexibility index (Phi) is 6.03. The van der Waals surface area contributed by atoms with Gasteiger partial charge < -0.3 is 20.1 Å². The van der Waals surface area contributed by atoms with Crippen LogP contribution in [0.1, 0.15) is 55.5 Å². The van der Waals surface area contributed by atoms with E-state index in [1.807, 2.05) is 12.1 Å². The van der Waals surface area contributed by atoms with Crippen molar-refractivity contribution in [2.45, 2.75) is 57.7 Å². The number of nitrogens with zero attached hydrogens (tertiary/aromatic N) is 1. The highest BCUT2D eigenvalue weighted by Crippen LogP contribution is 2.25. The second-order valence-electron chi connectivity index (χ2n) is 8.10. The lowest BCUT2D eigenvalue weighted by molar-refractivity contribution is -0.167. The van der Waals surface area contributed by atoms with Crippen LogP contribution in [0.2, 0.25) is 0 Å². The molecule has 2 amide bonds. The van der Waals surface area contributed by atoms with Crippen molar-refractivity contribution in [3.05, 3.63) is 35.4 Å². The number of amides is 2. The number of hydrogen-bond acceptors (Lipinski definition) is 5. The molecule has 2 N–H and O–H groups in total. The van der Waals surface area contributed by atoms with E-state index in [0.29, 0.717) is 18.0 Å². The molecule has 7 heteroatoms. The summed E-state index contributed by atoms with van der Waals surface area (Å²) in [6.45, 7) is 3.10. The minimum absolute atomic E-state index is 0.0983. The van der Waals surface area contributed by atoms with Gasteiger partial charge in [0.05, 0.1) is 6.54 Å². The molecule has 3 rings (SSSR count). The van der Waals surface area contributed by atoms with Gasteiger partial charge in [-0.3, -0.25) is 9.59 Å². The van der Waals surface area contributed by atoms with Gasteiger partial charge in [-0.05, 0) is 37.3 Å². The molecule has 1 saturated carbocycles. The van der Waals surface area contributed by atoms with Crippen molar-refractivity contribution in [3.8, 4) is 0 Å². The smallest absolute Gasteiger partial charge is 0.340 e. The number of esters is 1. The molecular formula is C21H28N2O5. The largest absolute Gasteiger partial charge is 0.453 e. The van der Waals surface area contributed by atoms with Crippen LogP contribution in [0.3, 0.4) is 0 Å². The molecule has 0 aromatic heterocycles. The maximum Gasteiger partial charge on any atom is 0.340 e. The zero-order valence-corrected chi connectivity index (χ0v) is 16.4. The van der Waals surface area contributed by atoms with Crippen molar-refractivity contribution < 1.29 is 24.2 Å². The average Bonchev–Trinajstić information content (AvgIpc) is 2.97. The Balaban J connectivity index is 1.49. The number of nitrogens with one attached hydrogen (secondary N) is 1. The van der Waals surface area contributed by atoms with Crippen LogP contribution < -0.4 is 5.32 Å². The summed E-state index contributed by atoms with van der Waals surface area (Å²) in [5, 5.41) is 13.4. The maximum atomic E-state index is 12.4. The standard InChI is InChI=1S/C21H28N2O5/c1-14-7-3-6-10-17(14)22-18(24)12-28-20(26)21(2,27)13-23-11-15-8-4-5-9-16(15)19(23)25/h4-5,8-9,14,17,27H,3,6-7,10-13H2,1-2H3,(H,22,24)/t14-,17-,21-/m1/s1.